The summed E-state index contributed by atoms with van der Waals surface area (Å²) in [5.74, 6) is 0.681. The van der Waals surface area contributed by atoms with Gasteiger partial charge in [0.1, 0.15) is 0 Å². The Balaban J connectivity index is 2.24. The van der Waals surface area contributed by atoms with Gasteiger partial charge in [0, 0.05) is 6.54 Å². The summed E-state index contributed by atoms with van der Waals surface area (Å²) in [5, 5.41) is 3.01. The van der Waals surface area contributed by atoms with Crippen LogP contribution < -0.4 is 11.1 Å². The van der Waals surface area contributed by atoms with Crippen molar-refractivity contribution >= 4 is 5.91 Å². The SMILES string of the molecule is CCCCC(N)C(=O)NCC1(C(C)C)CC1. The Morgan fingerprint density at radius 3 is 2.50 bits per heavy atom. The highest BCUT2D eigenvalue weighted by molar-refractivity contribution is 5.81. The molecule has 0 aliphatic heterocycles. The zero-order valence-corrected chi connectivity index (χ0v) is 10.9. The Bertz CT molecular complexity index is 234. The average molecular weight is 226 g/mol. The van der Waals surface area contributed by atoms with Crippen LogP contribution in [0.1, 0.15) is 52.9 Å². The maximum atomic E-state index is 11.7. The van der Waals surface area contributed by atoms with Crippen molar-refractivity contribution in [3.8, 4) is 0 Å². The van der Waals surface area contributed by atoms with Gasteiger partial charge < -0.3 is 11.1 Å². The molecule has 0 aromatic rings. The molecule has 0 saturated heterocycles. The lowest BCUT2D eigenvalue weighted by molar-refractivity contribution is -0.122. The van der Waals surface area contributed by atoms with Crippen LogP contribution in [0.2, 0.25) is 0 Å². The lowest BCUT2D eigenvalue weighted by atomic mass is 9.92. The van der Waals surface area contributed by atoms with Gasteiger partial charge in [0.15, 0.2) is 0 Å². The number of rotatable bonds is 7. The highest BCUT2D eigenvalue weighted by atomic mass is 16.2. The van der Waals surface area contributed by atoms with Crippen molar-refractivity contribution in [3.05, 3.63) is 0 Å². The Kier molecular flexibility index (Phi) is 4.78. The summed E-state index contributed by atoms with van der Waals surface area (Å²) in [4.78, 5) is 11.7. The Morgan fingerprint density at radius 1 is 1.44 bits per heavy atom. The second-order valence-corrected chi connectivity index (χ2v) is 5.48. The second kappa shape index (κ2) is 5.67. The van der Waals surface area contributed by atoms with E-state index >= 15 is 0 Å². The molecule has 1 unspecified atom stereocenters. The van der Waals surface area contributed by atoms with Crippen LogP contribution in [0.3, 0.4) is 0 Å². The van der Waals surface area contributed by atoms with Gasteiger partial charge >= 0.3 is 0 Å². The van der Waals surface area contributed by atoms with E-state index in [4.69, 9.17) is 5.73 Å². The largest absolute Gasteiger partial charge is 0.354 e. The van der Waals surface area contributed by atoms with E-state index in [-0.39, 0.29) is 11.9 Å². The van der Waals surface area contributed by atoms with Gasteiger partial charge in [0.05, 0.1) is 6.04 Å². The molecule has 1 atom stereocenters. The number of unbranched alkanes of at least 4 members (excludes halogenated alkanes) is 1. The van der Waals surface area contributed by atoms with E-state index in [1.165, 1.54) is 12.8 Å². The van der Waals surface area contributed by atoms with Crippen LogP contribution in [0.15, 0.2) is 0 Å². The number of hydrogen-bond donors (Lipinski definition) is 2. The molecule has 0 heterocycles. The molecule has 0 bridgehead atoms. The molecule has 1 aliphatic rings. The fourth-order valence-electron chi connectivity index (χ4n) is 2.07. The van der Waals surface area contributed by atoms with Crippen molar-refractivity contribution < 1.29 is 4.79 Å². The van der Waals surface area contributed by atoms with Crippen LogP contribution in [0.25, 0.3) is 0 Å². The Labute approximate surface area is 99.2 Å². The van der Waals surface area contributed by atoms with Crippen molar-refractivity contribution in [2.45, 2.75) is 58.9 Å². The maximum Gasteiger partial charge on any atom is 0.236 e. The molecule has 94 valence electrons. The van der Waals surface area contributed by atoms with Crippen molar-refractivity contribution in [2.24, 2.45) is 17.1 Å². The summed E-state index contributed by atoms with van der Waals surface area (Å²) < 4.78 is 0. The standard InChI is InChI=1S/C13H26N2O/c1-4-5-6-11(14)12(16)15-9-13(7-8-13)10(2)3/h10-11H,4-9,14H2,1-3H3,(H,15,16). The van der Waals surface area contributed by atoms with Crippen LogP contribution in [0, 0.1) is 11.3 Å². The van der Waals surface area contributed by atoms with Crippen LogP contribution in [0.5, 0.6) is 0 Å². The predicted molar refractivity (Wildman–Crippen MR) is 67.0 cm³/mol. The summed E-state index contributed by atoms with van der Waals surface area (Å²) in [7, 11) is 0. The third kappa shape index (κ3) is 3.48. The minimum Gasteiger partial charge on any atom is -0.354 e. The van der Waals surface area contributed by atoms with Gasteiger partial charge in [-0.05, 0) is 30.6 Å². The average Bonchev–Trinajstić information content (AvgIpc) is 3.03. The van der Waals surface area contributed by atoms with E-state index in [2.05, 4.69) is 26.1 Å². The van der Waals surface area contributed by atoms with Gasteiger partial charge in [-0.2, -0.15) is 0 Å². The normalized spacial score (nSPS) is 19.6. The first-order valence-corrected chi connectivity index (χ1v) is 6.55. The third-order valence-electron chi connectivity index (χ3n) is 3.94. The molecular weight excluding hydrogens is 200 g/mol. The molecule has 1 rings (SSSR count). The van der Waals surface area contributed by atoms with Gasteiger partial charge in [-0.25, -0.2) is 0 Å². The van der Waals surface area contributed by atoms with Crippen LogP contribution in [0.4, 0.5) is 0 Å². The molecule has 3 N–H and O–H groups in total. The van der Waals surface area contributed by atoms with E-state index in [1.807, 2.05) is 0 Å². The molecule has 0 aromatic carbocycles. The van der Waals surface area contributed by atoms with E-state index < -0.39 is 0 Å². The molecule has 16 heavy (non-hydrogen) atoms. The molecule has 1 aliphatic carbocycles. The predicted octanol–water partition coefficient (Wildman–Crippen LogP) is 2.06. The van der Waals surface area contributed by atoms with Gasteiger partial charge in [-0.15, -0.1) is 0 Å². The molecule has 0 aromatic heterocycles. The fourth-order valence-corrected chi connectivity index (χ4v) is 2.07. The minimum absolute atomic E-state index is 0.0281. The monoisotopic (exact) mass is 226 g/mol. The molecule has 0 spiro atoms. The lowest BCUT2D eigenvalue weighted by Crippen LogP contribution is -2.43. The molecule has 3 nitrogen and oxygen atoms in total. The topological polar surface area (TPSA) is 55.1 Å². The van der Waals surface area contributed by atoms with E-state index in [1.54, 1.807) is 0 Å². The summed E-state index contributed by atoms with van der Waals surface area (Å²) >= 11 is 0. The quantitative estimate of drug-likeness (QED) is 0.698. The summed E-state index contributed by atoms with van der Waals surface area (Å²) in [6.07, 6.45) is 5.42. The summed E-state index contributed by atoms with van der Waals surface area (Å²) in [6, 6.07) is -0.317. The van der Waals surface area contributed by atoms with Gasteiger partial charge in [0.25, 0.3) is 0 Å². The van der Waals surface area contributed by atoms with Crippen molar-refractivity contribution in [1.29, 1.82) is 0 Å². The van der Waals surface area contributed by atoms with Crippen LogP contribution in [-0.2, 0) is 4.79 Å². The molecule has 1 amide bonds. The maximum absolute atomic E-state index is 11.7. The number of hydrogen-bond acceptors (Lipinski definition) is 2. The lowest BCUT2D eigenvalue weighted by Gasteiger charge is -2.21. The van der Waals surface area contributed by atoms with E-state index in [9.17, 15) is 4.79 Å². The number of amides is 1. The first-order chi connectivity index (χ1) is 7.52. The first kappa shape index (κ1) is 13.5. The molecule has 0 radical (unpaired) electrons. The Hall–Kier alpha value is -0.570. The molecule has 1 fully saturated rings. The van der Waals surface area contributed by atoms with Crippen molar-refractivity contribution in [3.63, 3.8) is 0 Å². The van der Waals surface area contributed by atoms with E-state index in [0.717, 1.165) is 25.8 Å². The zero-order chi connectivity index (χ0) is 12.2. The van der Waals surface area contributed by atoms with Crippen LogP contribution in [-0.4, -0.2) is 18.5 Å². The second-order valence-electron chi connectivity index (χ2n) is 5.48. The molecule has 3 heteroatoms. The van der Waals surface area contributed by atoms with Gasteiger partial charge in [-0.3, -0.25) is 4.79 Å². The number of nitrogens with one attached hydrogen (secondary N) is 1. The first-order valence-electron chi connectivity index (χ1n) is 6.55. The smallest absolute Gasteiger partial charge is 0.236 e. The van der Waals surface area contributed by atoms with Crippen molar-refractivity contribution in [2.75, 3.05) is 6.54 Å². The minimum atomic E-state index is -0.317. The Morgan fingerprint density at radius 2 is 2.06 bits per heavy atom. The van der Waals surface area contributed by atoms with Gasteiger partial charge in [-0.1, -0.05) is 33.6 Å². The highest BCUT2D eigenvalue weighted by Gasteiger charge is 2.45. The number of nitrogens with two attached hydrogens (primary N) is 1. The number of carbonyl (C=O) groups excluding carboxylic acids is 1. The zero-order valence-electron chi connectivity index (χ0n) is 10.9. The van der Waals surface area contributed by atoms with Crippen molar-refractivity contribution in [1.82, 2.24) is 5.32 Å². The summed E-state index contributed by atoms with van der Waals surface area (Å²) in [5.41, 5.74) is 6.19. The van der Waals surface area contributed by atoms with Crippen LogP contribution >= 0.6 is 0 Å². The molecular formula is C13H26N2O. The number of carbonyl (C=O) groups is 1. The highest BCUT2D eigenvalue weighted by Crippen LogP contribution is 2.51. The molecule has 1 saturated carbocycles. The summed E-state index contributed by atoms with van der Waals surface area (Å²) in [6.45, 7) is 7.39. The van der Waals surface area contributed by atoms with Gasteiger partial charge in [0.2, 0.25) is 5.91 Å². The third-order valence-corrected chi connectivity index (χ3v) is 3.94. The fraction of sp³-hybridized carbons (Fsp3) is 0.923. The van der Waals surface area contributed by atoms with E-state index in [0.29, 0.717) is 11.3 Å².